The highest BCUT2D eigenvalue weighted by atomic mass is 32.2. The molecule has 4 aromatic rings. The molecule has 2 aliphatic rings. The van der Waals surface area contributed by atoms with Gasteiger partial charge in [0, 0.05) is 31.4 Å². The standard InChI is InChI=1S/C23H29NO4S.C20H25NO2S/c1-3-28-23(25)17-29(26,27)22-12-10-21(11-13-22)20-8-6-19(7-9-20)14-16-24-15-4-5-18(24)2;1-16-4-3-14-21(16)15-13-17-5-7-18(8-6-17)19-9-11-20(12-10-19)24(2,22)23/h6-13,18H,3-5,14-17H2,1-2H3;5-12,16H,3-4,13-15H2,1-2H3/t18-;16-/m11/s1. The van der Waals surface area contributed by atoms with E-state index in [2.05, 4.69) is 72.2 Å². The molecule has 2 heterocycles. The second-order valence-electron chi connectivity index (χ2n) is 14.3. The molecular weight excluding hydrogens is 705 g/mol. The Balaban J connectivity index is 0.000000208. The van der Waals surface area contributed by atoms with Crippen LogP contribution in [-0.2, 0) is 42.0 Å². The Hall–Kier alpha value is -3.83. The van der Waals surface area contributed by atoms with Crippen molar-refractivity contribution in [1.29, 1.82) is 0 Å². The van der Waals surface area contributed by atoms with Crippen LogP contribution in [0.25, 0.3) is 22.3 Å². The highest BCUT2D eigenvalue weighted by Gasteiger charge is 2.22. The van der Waals surface area contributed by atoms with Crippen LogP contribution in [0.3, 0.4) is 0 Å². The van der Waals surface area contributed by atoms with Crippen LogP contribution < -0.4 is 0 Å². The lowest BCUT2D eigenvalue weighted by Crippen LogP contribution is -2.28. The summed E-state index contributed by atoms with van der Waals surface area (Å²) in [6.07, 6.45) is 8.59. The average Bonchev–Trinajstić information content (AvgIpc) is 3.76. The molecule has 2 saturated heterocycles. The fourth-order valence-corrected chi connectivity index (χ4v) is 8.85. The Bertz CT molecular complexity index is 2000. The zero-order valence-corrected chi connectivity index (χ0v) is 33.2. The van der Waals surface area contributed by atoms with Crippen LogP contribution >= 0.6 is 0 Å². The number of nitrogens with zero attached hydrogens (tertiary/aromatic N) is 2. The first-order valence-electron chi connectivity index (χ1n) is 18.8. The predicted octanol–water partition coefficient (Wildman–Crippen LogP) is 7.50. The van der Waals surface area contributed by atoms with Gasteiger partial charge >= 0.3 is 5.97 Å². The second-order valence-corrected chi connectivity index (χ2v) is 18.3. The smallest absolute Gasteiger partial charge is 0.321 e. The van der Waals surface area contributed by atoms with Crippen molar-refractivity contribution in [3.8, 4) is 22.3 Å². The molecule has 2 fully saturated rings. The average molecular weight is 759 g/mol. The molecule has 0 N–H and O–H groups in total. The summed E-state index contributed by atoms with van der Waals surface area (Å²) >= 11 is 0. The van der Waals surface area contributed by atoms with E-state index in [9.17, 15) is 21.6 Å². The van der Waals surface area contributed by atoms with Gasteiger partial charge in [0.15, 0.2) is 25.4 Å². The highest BCUT2D eigenvalue weighted by Crippen LogP contribution is 2.25. The Morgan fingerprint density at radius 2 is 1.00 bits per heavy atom. The molecule has 2 aliphatic heterocycles. The summed E-state index contributed by atoms with van der Waals surface area (Å²) in [5, 5.41) is 0. The Morgan fingerprint density at radius 1 is 0.623 bits per heavy atom. The first-order chi connectivity index (χ1) is 25.3. The number of carbonyl (C=O) groups excluding carboxylic acids is 1. The van der Waals surface area contributed by atoms with Crippen molar-refractivity contribution >= 4 is 25.6 Å². The van der Waals surface area contributed by atoms with E-state index in [1.165, 1.54) is 56.2 Å². The number of sulfone groups is 2. The van der Waals surface area contributed by atoms with Gasteiger partial charge in [-0.2, -0.15) is 0 Å². The third-order valence-corrected chi connectivity index (χ3v) is 13.2. The first-order valence-corrected chi connectivity index (χ1v) is 22.3. The maximum absolute atomic E-state index is 12.3. The van der Waals surface area contributed by atoms with Crippen LogP contribution in [0.2, 0.25) is 0 Å². The lowest BCUT2D eigenvalue weighted by Gasteiger charge is -2.20. The molecule has 0 aromatic heterocycles. The number of hydrogen-bond acceptors (Lipinski definition) is 8. The Morgan fingerprint density at radius 3 is 1.34 bits per heavy atom. The van der Waals surface area contributed by atoms with Gasteiger partial charge in [0.05, 0.1) is 16.4 Å². The number of ether oxygens (including phenoxy) is 1. The van der Waals surface area contributed by atoms with Gasteiger partial charge in [-0.1, -0.05) is 72.8 Å². The molecule has 2 atom stereocenters. The molecule has 0 radical (unpaired) electrons. The molecule has 0 bridgehead atoms. The van der Waals surface area contributed by atoms with Crippen LogP contribution in [0.1, 0.15) is 57.6 Å². The summed E-state index contributed by atoms with van der Waals surface area (Å²) in [4.78, 5) is 17.1. The fourth-order valence-electron chi connectivity index (χ4n) is 7.11. The predicted molar refractivity (Wildman–Crippen MR) is 213 cm³/mol. The largest absolute Gasteiger partial charge is 0.465 e. The van der Waals surface area contributed by atoms with Gasteiger partial charge in [-0.05, 0) is 130 Å². The Labute approximate surface area is 317 Å². The minimum atomic E-state index is -3.69. The van der Waals surface area contributed by atoms with Gasteiger partial charge in [-0.3, -0.25) is 4.79 Å². The zero-order valence-electron chi connectivity index (χ0n) is 31.5. The maximum Gasteiger partial charge on any atom is 0.321 e. The third kappa shape index (κ3) is 11.6. The van der Waals surface area contributed by atoms with E-state index in [0.29, 0.717) is 10.9 Å². The number of benzene rings is 4. The molecule has 10 heteroatoms. The SMILES string of the molecule is CCOC(=O)CS(=O)(=O)c1ccc(-c2ccc(CCN3CCC[C@H]3C)cc2)cc1.C[C@@H]1CCCN1CCc1ccc(-c2ccc(S(C)(=O)=O)cc2)cc1. The van der Waals surface area contributed by atoms with Crippen LogP contribution in [0, 0.1) is 0 Å². The zero-order chi connectivity index (χ0) is 38.0. The van der Waals surface area contributed by atoms with Gasteiger partial charge in [-0.25, -0.2) is 16.8 Å². The van der Waals surface area contributed by atoms with E-state index in [-0.39, 0.29) is 11.5 Å². The monoisotopic (exact) mass is 758 g/mol. The van der Waals surface area contributed by atoms with Crippen molar-refractivity contribution < 1.29 is 26.4 Å². The number of esters is 1. The maximum atomic E-state index is 12.3. The number of hydrogen-bond donors (Lipinski definition) is 0. The summed E-state index contributed by atoms with van der Waals surface area (Å²) in [6.45, 7) is 11.1. The number of rotatable bonds is 13. The van der Waals surface area contributed by atoms with Crippen molar-refractivity contribution in [2.75, 3.05) is 44.8 Å². The van der Waals surface area contributed by atoms with E-state index in [1.54, 1.807) is 43.3 Å². The van der Waals surface area contributed by atoms with Gasteiger partial charge < -0.3 is 14.5 Å². The van der Waals surface area contributed by atoms with E-state index in [1.807, 2.05) is 12.1 Å². The fraction of sp³-hybridized carbons (Fsp3) is 0.419. The molecule has 0 spiro atoms. The van der Waals surface area contributed by atoms with Crippen LogP contribution in [0.5, 0.6) is 0 Å². The lowest BCUT2D eigenvalue weighted by atomic mass is 10.0. The normalized spacial score (nSPS) is 18.0. The molecule has 0 unspecified atom stereocenters. The van der Waals surface area contributed by atoms with Gasteiger partial charge in [0.1, 0.15) is 0 Å². The summed E-state index contributed by atoms with van der Waals surface area (Å²) in [7, 11) is -6.82. The van der Waals surface area contributed by atoms with Crippen molar-refractivity contribution in [1.82, 2.24) is 9.80 Å². The molecule has 4 aromatic carbocycles. The van der Waals surface area contributed by atoms with Gasteiger partial charge in [-0.15, -0.1) is 0 Å². The number of carbonyl (C=O) groups is 1. The minimum Gasteiger partial charge on any atom is -0.465 e. The molecule has 284 valence electrons. The molecule has 8 nitrogen and oxygen atoms in total. The topological polar surface area (TPSA) is 101 Å². The van der Waals surface area contributed by atoms with Crippen molar-refractivity contribution in [2.45, 2.75) is 81.2 Å². The van der Waals surface area contributed by atoms with E-state index >= 15 is 0 Å². The van der Waals surface area contributed by atoms with Crippen LogP contribution in [0.4, 0.5) is 0 Å². The van der Waals surface area contributed by atoms with Crippen molar-refractivity contribution in [3.63, 3.8) is 0 Å². The third-order valence-electron chi connectivity index (χ3n) is 10.4. The lowest BCUT2D eigenvalue weighted by molar-refractivity contribution is -0.139. The molecule has 6 rings (SSSR count). The first kappa shape index (κ1) is 40.4. The van der Waals surface area contributed by atoms with E-state index < -0.39 is 31.4 Å². The van der Waals surface area contributed by atoms with Crippen LogP contribution in [-0.4, -0.2) is 89.5 Å². The summed E-state index contributed by atoms with van der Waals surface area (Å²) in [5.41, 5.74) is 6.81. The molecule has 0 saturated carbocycles. The molecule has 0 aliphatic carbocycles. The van der Waals surface area contributed by atoms with Gasteiger partial charge in [0.25, 0.3) is 0 Å². The van der Waals surface area contributed by atoms with E-state index in [0.717, 1.165) is 54.2 Å². The van der Waals surface area contributed by atoms with Gasteiger partial charge in [0.2, 0.25) is 0 Å². The number of likely N-dealkylation sites (tertiary alicyclic amines) is 2. The summed E-state index contributed by atoms with van der Waals surface area (Å²) in [6, 6.07) is 32.2. The van der Waals surface area contributed by atoms with Crippen molar-refractivity contribution in [3.05, 3.63) is 108 Å². The van der Waals surface area contributed by atoms with E-state index in [4.69, 9.17) is 4.74 Å². The minimum absolute atomic E-state index is 0.130. The molecule has 53 heavy (non-hydrogen) atoms. The Kier molecular flexibility index (Phi) is 14.1. The highest BCUT2D eigenvalue weighted by molar-refractivity contribution is 7.92. The molecular formula is C43H54N2O6S2. The van der Waals surface area contributed by atoms with Crippen LogP contribution in [0.15, 0.2) is 107 Å². The summed E-state index contributed by atoms with van der Waals surface area (Å²) in [5.74, 6) is -1.36. The quantitative estimate of drug-likeness (QED) is 0.129. The summed E-state index contributed by atoms with van der Waals surface area (Å²) < 4.78 is 52.4. The molecule has 0 amide bonds. The van der Waals surface area contributed by atoms with Crippen molar-refractivity contribution in [2.24, 2.45) is 0 Å². The second kappa shape index (κ2) is 18.5.